The van der Waals surface area contributed by atoms with Crippen LogP contribution in [0.15, 0.2) is 101 Å². The summed E-state index contributed by atoms with van der Waals surface area (Å²) in [4.78, 5) is 5.58. The van der Waals surface area contributed by atoms with Crippen molar-refractivity contribution in [2.24, 2.45) is 29.1 Å². The van der Waals surface area contributed by atoms with Gasteiger partial charge in [-0.15, -0.1) is 0 Å². The second-order valence-electron chi connectivity index (χ2n) is 16.5. The molecule has 4 aromatic carbocycles. The van der Waals surface area contributed by atoms with Gasteiger partial charge in [-0.2, -0.15) is 0 Å². The van der Waals surface area contributed by atoms with Crippen LogP contribution in [0.25, 0.3) is 0 Å². The lowest BCUT2D eigenvalue weighted by atomic mass is 9.26. The predicted octanol–water partition coefficient (Wildman–Crippen LogP) is 11.3. The zero-order valence-corrected chi connectivity index (χ0v) is 27.4. The summed E-state index contributed by atoms with van der Waals surface area (Å²) < 4.78 is 0. The van der Waals surface area contributed by atoms with Gasteiger partial charge in [0, 0.05) is 26.6 Å². The second kappa shape index (κ2) is 8.43. The summed E-state index contributed by atoms with van der Waals surface area (Å²) in [5, 5.41) is 0. The Bertz CT molecular complexity index is 1850. The third kappa shape index (κ3) is 3.01. The lowest BCUT2D eigenvalue weighted by molar-refractivity contribution is -0.235. The molecule has 10 rings (SSSR count). The number of para-hydroxylation sites is 1. The number of nitrogens with zero attached hydrogens (tertiary/aromatic N) is 1. The fourth-order valence-electron chi connectivity index (χ4n) is 12.0. The molecule has 5 aliphatic carbocycles. The first kappa shape index (κ1) is 26.3. The van der Waals surface area contributed by atoms with E-state index in [4.69, 9.17) is 0 Å². The molecule has 1 aliphatic heterocycles. The van der Waals surface area contributed by atoms with E-state index < -0.39 is 0 Å². The first-order valence-corrected chi connectivity index (χ1v) is 18.0. The standard InChI is InChI=1S/C42H43NS/c1-39(2)19-20-40(3,4)33-24-29(17-18-30(33)39)43(28-11-6-5-7-12-28)34-15-10-14-32-38(34)44-35-16-9-8-13-31(35)42(32)36-22-26-21-27-23-37(42)41(27,36)25-26/h5-18,24,26-27,36-37H,19-23,25H2,1-4H3. The largest absolute Gasteiger partial charge is 0.309 e. The molecular weight excluding hydrogens is 551 g/mol. The molecule has 222 valence electrons. The number of anilines is 3. The number of fused-ring (bicyclic) bond motifs is 8. The third-order valence-electron chi connectivity index (χ3n) is 13.8. The Morgan fingerprint density at radius 2 is 1.36 bits per heavy atom. The summed E-state index contributed by atoms with van der Waals surface area (Å²) in [6.45, 7) is 9.77. The van der Waals surface area contributed by atoms with Crippen molar-refractivity contribution in [2.45, 2.75) is 92.3 Å². The van der Waals surface area contributed by atoms with E-state index in [-0.39, 0.29) is 16.2 Å². The topological polar surface area (TPSA) is 3.24 Å². The molecule has 1 heterocycles. The van der Waals surface area contributed by atoms with Gasteiger partial charge in [0.1, 0.15) is 0 Å². The van der Waals surface area contributed by atoms with Crippen LogP contribution in [-0.2, 0) is 16.2 Å². The predicted molar refractivity (Wildman–Crippen MR) is 183 cm³/mol. The highest BCUT2D eigenvalue weighted by atomic mass is 32.2. The van der Waals surface area contributed by atoms with Gasteiger partial charge in [-0.3, -0.25) is 0 Å². The number of rotatable bonds is 3. The number of hydrogen-bond donors (Lipinski definition) is 0. The van der Waals surface area contributed by atoms with Crippen molar-refractivity contribution in [3.05, 3.63) is 113 Å². The molecule has 44 heavy (non-hydrogen) atoms. The maximum Gasteiger partial charge on any atom is 0.0604 e. The molecule has 2 heteroatoms. The van der Waals surface area contributed by atoms with E-state index in [2.05, 4.69) is 124 Å². The number of hydrogen-bond acceptors (Lipinski definition) is 2. The van der Waals surface area contributed by atoms with Gasteiger partial charge in [-0.05, 0) is 137 Å². The monoisotopic (exact) mass is 593 g/mol. The van der Waals surface area contributed by atoms with Crippen molar-refractivity contribution in [1.82, 2.24) is 0 Å². The van der Waals surface area contributed by atoms with Gasteiger partial charge in [0.2, 0.25) is 0 Å². The minimum atomic E-state index is 0.167. The molecule has 0 N–H and O–H groups in total. The van der Waals surface area contributed by atoms with Crippen LogP contribution in [0.5, 0.6) is 0 Å². The second-order valence-corrected chi connectivity index (χ2v) is 17.5. The molecule has 0 radical (unpaired) electrons. The van der Waals surface area contributed by atoms with Gasteiger partial charge in [-0.25, -0.2) is 0 Å². The number of benzene rings is 4. The molecular formula is C42H43NS. The highest BCUT2D eigenvalue weighted by Gasteiger charge is 2.84. The van der Waals surface area contributed by atoms with E-state index in [1.165, 1.54) is 76.5 Å². The van der Waals surface area contributed by atoms with Crippen LogP contribution in [0.3, 0.4) is 0 Å². The van der Waals surface area contributed by atoms with Gasteiger partial charge < -0.3 is 4.90 Å². The zero-order chi connectivity index (χ0) is 29.6. The van der Waals surface area contributed by atoms with Crippen LogP contribution < -0.4 is 4.90 Å². The first-order valence-electron chi connectivity index (χ1n) is 17.2. The average Bonchev–Trinajstić information content (AvgIpc) is 3.56. The molecule has 4 fully saturated rings. The van der Waals surface area contributed by atoms with Crippen LogP contribution in [0.1, 0.15) is 88.5 Å². The maximum absolute atomic E-state index is 2.59. The highest BCUT2D eigenvalue weighted by molar-refractivity contribution is 7.99. The smallest absolute Gasteiger partial charge is 0.0604 e. The zero-order valence-electron chi connectivity index (χ0n) is 26.6. The summed E-state index contributed by atoms with van der Waals surface area (Å²) in [5.41, 5.74) is 11.4. The van der Waals surface area contributed by atoms with E-state index >= 15 is 0 Å². The SMILES string of the molecule is CC1(C)CCC(C)(C)c2cc(N(c3ccccc3)c3cccc4c3Sc3ccccc3C43C4CC5CC6CC3C64C5)ccc21. The van der Waals surface area contributed by atoms with Gasteiger partial charge >= 0.3 is 0 Å². The maximum atomic E-state index is 2.59. The quantitative estimate of drug-likeness (QED) is 0.232. The Hall–Kier alpha value is -2.97. The molecule has 4 aromatic rings. The van der Waals surface area contributed by atoms with Crippen molar-refractivity contribution >= 4 is 28.8 Å². The van der Waals surface area contributed by atoms with Crippen molar-refractivity contribution < 1.29 is 0 Å². The summed E-state index contributed by atoms with van der Waals surface area (Å²) in [5.74, 6) is 3.59. The van der Waals surface area contributed by atoms with Crippen LogP contribution in [0.4, 0.5) is 17.1 Å². The van der Waals surface area contributed by atoms with Gasteiger partial charge in [-0.1, -0.05) is 94.1 Å². The lowest BCUT2D eigenvalue weighted by Gasteiger charge is -2.78. The van der Waals surface area contributed by atoms with Crippen LogP contribution in [0, 0.1) is 29.1 Å². The van der Waals surface area contributed by atoms with Gasteiger partial charge in [0.05, 0.1) is 5.69 Å². The molecule has 1 nitrogen and oxygen atoms in total. The Balaban J connectivity index is 1.20. The summed E-state index contributed by atoms with van der Waals surface area (Å²) in [7, 11) is 0. The molecule has 4 saturated carbocycles. The molecule has 2 spiro atoms. The van der Waals surface area contributed by atoms with Crippen molar-refractivity contribution in [2.75, 3.05) is 4.90 Å². The van der Waals surface area contributed by atoms with E-state index in [9.17, 15) is 0 Å². The molecule has 0 amide bonds. The molecule has 0 aromatic heterocycles. The molecule has 6 atom stereocenters. The average molecular weight is 594 g/mol. The van der Waals surface area contributed by atoms with Crippen LogP contribution in [0.2, 0.25) is 0 Å². The Morgan fingerprint density at radius 1 is 0.636 bits per heavy atom. The highest BCUT2D eigenvalue weighted by Crippen LogP contribution is 2.89. The fraction of sp³-hybridized carbons (Fsp3) is 0.429. The molecule has 6 aliphatic rings. The summed E-state index contributed by atoms with van der Waals surface area (Å²) >= 11 is 2.04. The van der Waals surface area contributed by atoms with Crippen molar-refractivity contribution in [3.63, 3.8) is 0 Å². The first-order chi connectivity index (χ1) is 21.2. The Kier molecular flexibility index (Phi) is 5.03. The summed E-state index contributed by atoms with van der Waals surface area (Å²) in [6, 6.07) is 35.4. The van der Waals surface area contributed by atoms with E-state index in [0.29, 0.717) is 5.41 Å². The van der Waals surface area contributed by atoms with Crippen molar-refractivity contribution in [1.29, 1.82) is 0 Å². The lowest BCUT2D eigenvalue weighted by Crippen LogP contribution is -2.74. The molecule has 2 bridgehead atoms. The van der Waals surface area contributed by atoms with Crippen LogP contribution >= 0.6 is 11.8 Å². The van der Waals surface area contributed by atoms with Gasteiger partial charge in [0.15, 0.2) is 0 Å². The third-order valence-corrected chi connectivity index (χ3v) is 15.0. The Morgan fingerprint density at radius 3 is 2.18 bits per heavy atom. The minimum Gasteiger partial charge on any atom is -0.309 e. The fourth-order valence-corrected chi connectivity index (χ4v) is 13.3. The van der Waals surface area contributed by atoms with E-state index in [1.54, 1.807) is 11.1 Å². The van der Waals surface area contributed by atoms with Crippen LogP contribution in [-0.4, -0.2) is 0 Å². The van der Waals surface area contributed by atoms with Gasteiger partial charge in [0.25, 0.3) is 0 Å². The normalized spacial score (nSPS) is 33.8. The van der Waals surface area contributed by atoms with Crippen molar-refractivity contribution in [3.8, 4) is 0 Å². The molecule has 6 unspecified atom stereocenters. The Labute approximate surface area is 267 Å². The minimum absolute atomic E-state index is 0.167. The van der Waals surface area contributed by atoms with E-state index in [1.807, 2.05) is 11.8 Å². The summed E-state index contributed by atoms with van der Waals surface area (Å²) in [6.07, 6.45) is 8.37. The van der Waals surface area contributed by atoms with E-state index in [0.717, 1.165) is 23.7 Å². The molecule has 0 saturated heterocycles.